The number of aryl methyl sites for hydroxylation is 1. The number of oxime groups is 1. The molecule has 0 bridgehead atoms. The van der Waals surface area contributed by atoms with E-state index in [2.05, 4.69) is 5.16 Å². The van der Waals surface area contributed by atoms with E-state index in [0.717, 1.165) is 5.69 Å². The minimum Gasteiger partial charge on any atom is -0.349 e. The zero-order valence-electron chi connectivity index (χ0n) is 10.3. The van der Waals surface area contributed by atoms with Gasteiger partial charge in [0, 0.05) is 13.2 Å². The average Bonchev–Trinajstić information content (AvgIpc) is 2.83. The molecule has 0 spiro atoms. The first-order chi connectivity index (χ1) is 8.68. The lowest BCUT2D eigenvalue weighted by atomic mass is 10.2. The second-order valence-corrected chi connectivity index (χ2v) is 3.93. The smallest absolute Gasteiger partial charge is 0.349 e. The molecule has 4 nitrogen and oxygen atoms in total. The molecule has 0 aliphatic carbocycles. The minimum absolute atomic E-state index is 0.454. The SMILES string of the molecule is CC(=NOC(=O)c1ccccc1)c1cccn1C. The van der Waals surface area contributed by atoms with Gasteiger partial charge in [-0.2, -0.15) is 0 Å². The van der Waals surface area contributed by atoms with Crippen molar-refractivity contribution in [3.05, 3.63) is 59.9 Å². The van der Waals surface area contributed by atoms with Crippen LogP contribution in [0, 0.1) is 0 Å². The van der Waals surface area contributed by atoms with Crippen molar-refractivity contribution in [3.63, 3.8) is 0 Å². The Bertz CT molecular complexity index is 570. The molecule has 92 valence electrons. The van der Waals surface area contributed by atoms with Gasteiger partial charge in [-0.25, -0.2) is 4.79 Å². The summed E-state index contributed by atoms with van der Waals surface area (Å²) in [7, 11) is 1.91. The Kier molecular flexibility index (Phi) is 3.57. The van der Waals surface area contributed by atoms with Gasteiger partial charge in [-0.05, 0) is 31.2 Å². The zero-order valence-corrected chi connectivity index (χ0v) is 10.3. The zero-order chi connectivity index (χ0) is 13.0. The lowest BCUT2D eigenvalue weighted by Gasteiger charge is -2.02. The number of benzene rings is 1. The highest BCUT2D eigenvalue weighted by Crippen LogP contribution is 2.05. The molecule has 0 radical (unpaired) electrons. The van der Waals surface area contributed by atoms with Crippen LogP contribution in [-0.2, 0) is 11.9 Å². The van der Waals surface area contributed by atoms with Crippen LogP contribution in [0.4, 0.5) is 0 Å². The van der Waals surface area contributed by atoms with Crippen LogP contribution in [0.15, 0.2) is 53.8 Å². The van der Waals surface area contributed by atoms with Crippen molar-refractivity contribution in [1.29, 1.82) is 0 Å². The van der Waals surface area contributed by atoms with E-state index in [4.69, 9.17) is 4.84 Å². The summed E-state index contributed by atoms with van der Waals surface area (Å²) in [5.41, 5.74) is 2.06. The monoisotopic (exact) mass is 242 g/mol. The summed E-state index contributed by atoms with van der Waals surface area (Å²) in [4.78, 5) is 16.6. The Hall–Kier alpha value is -2.36. The molecule has 0 atom stereocenters. The van der Waals surface area contributed by atoms with Crippen LogP contribution in [0.1, 0.15) is 23.0 Å². The number of carbonyl (C=O) groups excluding carboxylic acids is 1. The van der Waals surface area contributed by atoms with Crippen LogP contribution in [0.3, 0.4) is 0 Å². The molecule has 2 rings (SSSR count). The number of hydrogen-bond donors (Lipinski definition) is 0. The van der Waals surface area contributed by atoms with Gasteiger partial charge in [0.25, 0.3) is 0 Å². The van der Waals surface area contributed by atoms with E-state index < -0.39 is 5.97 Å². The van der Waals surface area contributed by atoms with Gasteiger partial charge in [-0.1, -0.05) is 23.4 Å². The van der Waals surface area contributed by atoms with Crippen molar-refractivity contribution in [2.75, 3.05) is 0 Å². The van der Waals surface area contributed by atoms with E-state index in [1.807, 2.05) is 36.0 Å². The molecule has 0 fully saturated rings. The molecule has 1 heterocycles. The van der Waals surface area contributed by atoms with Gasteiger partial charge in [0.2, 0.25) is 0 Å². The highest BCUT2D eigenvalue weighted by Gasteiger charge is 2.07. The van der Waals surface area contributed by atoms with Crippen molar-refractivity contribution in [2.24, 2.45) is 12.2 Å². The van der Waals surface area contributed by atoms with Gasteiger partial charge in [0.15, 0.2) is 0 Å². The maximum Gasteiger partial charge on any atom is 0.365 e. The highest BCUT2D eigenvalue weighted by molar-refractivity contribution is 5.98. The van der Waals surface area contributed by atoms with Crippen molar-refractivity contribution in [2.45, 2.75) is 6.92 Å². The number of nitrogens with zero attached hydrogens (tertiary/aromatic N) is 2. The van der Waals surface area contributed by atoms with E-state index >= 15 is 0 Å². The molecule has 0 saturated carbocycles. The molecule has 2 aromatic rings. The third-order valence-corrected chi connectivity index (χ3v) is 2.59. The van der Waals surface area contributed by atoms with Gasteiger partial charge < -0.3 is 9.40 Å². The van der Waals surface area contributed by atoms with Crippen LogP contribution in [0.5, 0.6) is 0 Å². The molecule has 0 aliphatic heterocycles. The first-order valence-corrected chi connectivity index (χ1v) is 5.61. The fourth-order valence-electron chi connectivity index (χ4n) is 1.62. The lowest BCUT2D eigenvalue weighted by molar-refractivity contribution is 0.0516. The summed E-state index contributed by atoms with van der Waals surface area (Å²) < 4.78 is 1.91. The van der Waals surface area contributed by atoms with E-state index in [1.165, 1.54) is 0 Å². The number of hydrogen-bond acceptors (Lipinski definition) is 3. The Morgan fingerprint density at radius 2 is 1.89 bits per heavy atom. The molecule has 0 unspecified atom stereocenters. The Morgan fingerprint density at radius 1 is 1.17 bits per heavy atom. The van der Waals surface area contributed by atoms with E-state index in [9.17, 15) is 4.79 Å². The Balaban J connectivity index is 2.08. The summed E-state index contributed by atoms with van der Waals surface area (Å²) in [5.74, 6) is -0.454. The molecule has 0 N–H and O–H groups in total. The van der Waals surface area contributed by atoms with Crippen LogP contribution < -0.4 is 0 Å². The average molecular weight is 242 g/mol. The summed E-state index contributed by atoms with van der Waals surface area (Å²) in [6.07, 6.45) is 1.91. The van der Waals surface area contributed by atoms with E-state index in [0.29, 0.717) is 11.3 Å². The minimum atomic E-state index is -0.454. The van der Waals surface area contributed by atoms with Gasteiger partial charge in [0.1, 0.15) is 5.71 Å². The second kappa shape index (κ2) is 5.31. The first-order valence-electron chi connectivity index (χ1n) is 5.61. The van der Waals surface area contributed by atoms with Crippen LogP contribution in [0.2, 0.25) is 0 Å². The van der Waals surface area contributed by atoms with Crippen LogP contribution >= 0.6 is 0 Å². The van der Waals surface area contributed by atoms with E-state index in [-0.39, 0.29) is 0 Å². The van der Waals surface area contributed by atoms with Crippen molar-refractivity contribution in [3.8, 4) is 0 Å². The van der Waals surface area contributed by atoms with Gasteiger partial charge >= 0.3 is 5.97 Å². The standard InChI is InChI=1S/C14H14N2O2/c1-11(13-9-6-10-16(13)2)15-18-14(17)12-7-4-3-5-8-12/h3-10H,1-2H3. The second-order valence-electron chi connectivity index (χ2n) is 3.93. The van der Waals surface area contributed by atoms with Crippen molar-refractivity contribution >= 4 is 11.7 Å². The fourth-order valence-corrected chi connectivity index (χ4v) is 1.62. The number of aromatic nitrogens is 1. The Labute approximate surface area is 105 Å². The molecule has 0 aliphatic rings. The summed E-state index contributed by atoms with van der Waals surface area (Å²) in [6, 6.07) is 12.6. The van der Waals surface area contributed by atoms with E-state index in [1.54, 1.807) is 31.2 Å². The molecular formula is C14H14N2O2. The summed E-state index contributed by atoms with van der Waals surface area (Å²) in [5, 5.41) is 3.85. The predicted molar refractivity (Wildman–Crippen MR) is 69.5 cm³/mol. The quantitative estimate of drug-likeness (QED) is 0.471. The number of carbonyl (C=O) groups is 1. The molecule has 1 aromatic carbocycles. The normalized spacial score (nSPS) is 11.3. The molecule has 4 heteroatoms. The number of rotatable bonds is 3. The summed E-state index contributed by atoms with van der Waals surface area (Å²) >= 11 is 0. The predicted octanol–water partition coefficient (Wildman–Crippen LogP) is 2.61. The van der Waals surface area contributed by atoms with Gasteiger partial charge in [-0.3, -0.25) is 0 Å². The Morgan fingerprint density at radius 3 is 2.50 bits per heavy atom. The maximum absolute atomic E-state index is 11.7. The van der Waals surface area contributed by atoms with Crippen molar-refractivity contribution in [1.82, 2.24) is 4.57 Å². The third-order valence-electron chi connectivity index (χ3n) is 2.59. The maximum atomic E-state index is 11.7. The molecule has 18 heavy (non-hydrogen) atoms. The third kappa shape index (κ3) is 2.66. The molecule has 1 aromatic heterocycles. The van der Waals surface area contributed by atoms with Gasteiger partial charge in [0.05, 0.1) is 11.3 Å². The molecule has 0 amide bonds. The summed E-state index contributed by atoms with van der Waals surface area (Å²) in [6.45, 7) is 1.80. The highest BCUT2D eigenvalue weighted by atomic mass is 16.7. The molecule has 0 saturated heterocycles. The molecular weight excluding hydrogens is 228 g/mol. The largest absolute Gasteiger partial charge is 0.365 e. The van der Waals surface area contributed by atoms with Crippen molar-refractivity contribution < 1.29 is 9.63 Å². The van der Waals surface area contributed by atoms with Crippen LogP contribution in [0.25, 0.3) is 0 Å². The topological polar surface area (TPSA) is 43.6 Å². The van der Waals surface area contributed by atoms with Gasteiger partial charge in [-0.15, -0.1) is 0 Å². The van der Waals surface area contributed by atoms with Crippen LogP contribution in [-0.4, -0.2) is 16.2 Å². The fraction of sp³-hybridized carbons (Fsp3) is 0.143. The first kappa shape index (κ1) is 12.1. The lowest BCUT2D eigenvalue weighted by Crippen LogP contribution is -2.06.